The number of rotatable bonds is 7. The van der Waals surface area contributed by atoms with Crippen molar-refractivity contribution in [1.82, 2.24) is 0 Å². The first-order valence-electron chi connectivity index (χ1n) is 8.34. The van der Waals surface area contributed by atoms with Gasteiger partial charge in [0.2, 0.25) is 0 Å². The molecule has 2 rings (SSSR count). The summed E-state index contributed by atoms with van der Waals surface area (Å²) in [5.41, 5.74) is 3.96. The Morgan fingerprint density at radius 1 is 1.27 bits per heavy atom. The molecule has 1 fully saturated rings. The molecule has 122 valence electrons. The van der Waals surface area contributed by atoms with Gasteiger partial charge in [0.05, 0.1) is 19.6 Å². The minimum absolute atomic E-state index is 0.0422. The van der Waals surface area contributed by atoms with Crippen molar-refractivity contribution >= 4 is 5.97 Å². The Labute approximate surface area is 134 Å². The largest absolute Gasteiger partial charge is 0.494 e. The van der Waals surface area contributed by atoms with Crippen LogP contribution in [0.25, 0.3) is 0 Å². The van der Waals surface area contributed by atoms with E-state index in [1.165, 1.54) is 23.8 Å². The molecule has 1 aromatic carbocycles. The van der Waals surface area contributed by atoms with Gasteiger partial charge in [-0.3, -0.25) is 4.79 Å². The Kier molecular flexibility index (Phi) is 5.49. The van der Waals surface area contributed by atoms with E-state index < -0.39 is 0 Å². The number of ether oxygens (including phenoxy) is 2. The molecule has 1 aromatic rings. The molecule has 3 heteroatoms. The summed E-state index contributed by atoms with van der Waals surface area (Å²) in [4.78, 5) is 11.6. The van der Waals surface area contributed by atoms with Crippen LogP contribution in [-0.2, 0) is 9.53 Å². The summed E-state index contributed by atoms with van der Waals surface area (Å²) in [5, 5.41) is 0. The van der Waals surface area contributed by atoms with Crippen LogP contribution >= 0.6 is 0 Å². The quantitative estimate of drug-likeness (QED) is 0.701. The Morgan fingerprint density at radius 3 is 2.59 bits per heavy atom. The van der Waals surface area contributed by atoms with Crippen LogP contribution in [0, 0.1) is 25.7 Å². The maximum Gasteiger partial charge on any atom is 0.308 e. The van der Waals surface area contributed by atoms with Crippen molar-refractivity contribution < 1.29 is 14.3 Å². The zero-order valence-corrected chi connectivity index (χ0v) is 14.4. The number of methoxy groups -OCH3 is 1. The van der Waals surface area contributed by atoms with E-state index in [0.29, 0.717) is 18.4 Å². The van der Waals surface area contributed by atoms with Crippen molar-refractivity contribution in [3.63, 3.8) is 0 Å². The van der Waals surface area contributed by atoms with Gasteiger partial charge in [0.25, 0.3) is 0 Å². The van der Waals surface area contributed by atoms with Crippen LogP contribution in [0.5, 0.6) is 5.75 Å². The second-order valence-corrected chi connectivity index (χ2v) is 6.30. The molecule has 0 saturated heterocycles. The van der Waals surface area contributed by atoms with Gasteiger partial charge in [0, 0.05) is 0 Å². The molecule has 0 spiro atoms. The lowest BCUT2D eigenvalue weighted by Gasteiger charge is -2.21. The number of carbonyl (C=O) groups excluding carboxylic acids is 1. The Morgan fingerprint density at radius 2 is 2.00 bits per heavy atom. The molecule has 0 amide bonds. The number of benzene rings is 1. The highest BCUT2D eigenvalue weighted by Crippen LogP contribution is 2.47. The van der Waals surface area contributed by atoms with Crippen LogP contribution in [0.15, 0.2) is 12.1 Å². The Hall–Kier alpha value is -1.51. The SMILES string of the molecule is CCOc1ccc(C(CC)CC2CC2C(=O)OC)c(C)c1C. The van der Waals surface area contributed by atoms with Crippen molar-refractivity contribution in [3.05, 3.63) is 28.8 Å². The highest BCUT2D eigenvalue weighted by molar-refractivity contribution is 5.75. The topological polar surface area (TPSA) is 35.5 Å². The van der Waals surface area contributed by atoms with Gasteiger partial charge in [-0.1, -0.05) is 13.0 Å². The first kappa shape index (κ1) is 16.9. The van der Waals surface area contributed by atoms with Gasteiger partial charge >= 0.3 is 5.97 Å². The third kappa shape index (κ3) is 3.45. The van der Waals surface area contributed by atoms with Crippen LogP contribution in [-0.4, -0.2) is 19.7 Å². The van der Waals surface area contributed by atoms with Crippen molar-refractivity contribution in [2.45, 2.75) is 52.9 Å². The smallest absolute Gasteiger partial charge is 0.308 e. The second kappa shape index (κ2) is 7.17. The molecular weight excluding hydrogens is 276 g/mol. The molecule has 0 aliphatic heterocycles. The van der Waals surface area contributed by atoms with E-state index in [2.05, 4.69) is 32.9 Å². The zero-order valence-electron chi connectivity index (χ0n) is 14.4. The van der Waals surface area contributed by atoms with Gasteiger partial charge in [0.15, 0.2) is 0 Å². The second-order valence-electron chi connectivity index (χ2n) is 6.30. The molecule has 3 nitrogen and oxygen atoms in total. The van der Waals surface area contributed by atoms with Gasteiger partial charge in [-0.15, -0.1) is 0 Å². The third-order valence-corrected chi connectivity index (χ3v) is 5.03. The lowest BCUT2D eigenvalue weighted by atomic mass is 9.86. The van der Waals surface area contributed by atoms with Crippen LogP contribution in [0.2, 0.25) is 0 Å². The highest BCUT2D eigenvalue weighted by Gasteiger charge is 2.44. The van der Waals surface area contributed by atoms with Gasteiger partial charge in [-0.25, -0.2) is 0 Å². The molecule has 0 radical (unpaired) electrons. The fourth-order valence-corrected chi connectivity index (χ4v) is 3.40. The summed E-state index contributed by atoms with van der Waals surface area (Å²) in [7, 11) is 1.48. The summed E-state index contributed by atoms with van der Waals surface area (Å²) in [6.45, 7) is 9.24. The summed E-state index contributed by atoms with van der Waals surface area (Å²) in [5.74, 6) is 2.07. The Balaban J connectivity index is 2.12. The summed E-state index contributed by atoms with van der Waals surface area (Å²) in [6, 6.07) is 4.30. The molecule has 0 heterocycles. The van der Waals surface area contributed by atoms with Crippen molar-refractivity contribution in [2.24, 2.45) is 11.8 Å². The van der Waals surface area contributed by atoms with Crippen LogP contribution < -0.4 is 4.74 Å². The molecular formula is C19H28O3. The van der Waals surface area contributed by atoms with Crippen LogP contribution in [0.3, 0.4) is 0 Å². The van der Waals surface area contributed by atoms with Gasteiger partial charge in [-0.2, -0.15) is 0 Å². The monoisotopic (exact) mass is 304 g/mol. The molecule has 0 N–H and O–H groups in total. The molecule has 22 heavy (non-hydrogen) atoms. The standard InChI is InChI=1S/C19H28O3/c1-6-14(10-15-11-17(15)19(20)21-5)16-8-9-18(22-7-2)13(4)12(16)3/h8-9,14-15,17H,6-7,10-11H2,1-5H3. The molecule has 0 bridgehead atoms. The molecule has 3 unspecified atom stereocenters. The van der Waals surface area contributed by atoms with Crippen molar-refractivity contribution in [1.29, 1.82) is 0 Å². The maximum absolute atomic E-state index is 11.6. The van der Waals surface area contributed by atoms with E-state index in [1.807, 2.05) is 6.92 Å². The summed E-state index contributed by atoms with van der Waals surface area (Å²) in [6.07, 6.45) is 3.15. The predicted octanol–water partition coefficient (Wildman–Crippen LogP) is 4.39. The average Bonchev–Trinajstić information content (AvgIpc) is 3.29. The lowest BCUT2D eigenvalue weighted by Crippen LogP contribution is -2.08. The van der Waals surface area contributed by atoms with Crippen molar-refractivity contribution in [3.8, 4) is 5.75 Å². The average molecular weight is 304 g/mol. The number of carbonyl (C=O) groups is 1. The van der Waals surface area contributed by atoms with E-state index in [-0.39, 0.29) is 11.9 Å². The van der Waals surface area contributed by atoms with Crippen molar-refractivity contribution in [2.75, 3.05) is 13.7 Å². The normalized spacial score (nSPS) is 21.3. The van der Waals surface area contributed by atoms with Gasteiger partial charge in [-0.05, 0) is 74.6 Å². The highest BCUT2D eigenvalue weighted by atomic mass is 16.5. The maximum atomic E-state index is 11.6. The van der Waals surface area contributed by atoms with E-state index >= 15 is 0 Å². The fraction of sp³-hybridized carbons (Fsp3) is 0.632. The minimum atomic E-state index is -0.0422. The van der Waals surface area contributed by atoms with E-state index in [4.69, 9.17) is 9.47 Å². The van der Waals surface area contributed by atoms with Crippen LogP contribution in [0.4, 0.5) is 0 Å². The molecule has 3 atom stereocenters. The lowest BCUT2D eigenvalue weighted by molar-refractivity contribution is -0.142. The van der Waals surface area contributed by atoms with Crippen LogP contribution in [0.1, 0.15) is 55.7 Å². The predicted molar refractivity (Wildman–Crippen MR) is 88.3 cm³/mol. The van der Waals surface area contributed by atoms with E-state index in [1.54, 1.807) is 0 Å². The Bertz CT molecular complexity index is 536. The zero-order chi connectivity index (χ0) is 16.3. The molecule has 1 aliphatic carbocycles. The first-order valence-corrected chi connectivity index (χ1v) is 8.34. The third-order valence-electron chi connectivity index (χ3n) is 5.03. The number of esters is 1. The van der Waals surface area contributed by atoms with Gasteiger partial charge < -0.3 is 9.47 Å². The van der Waals surface area contributed by atoms with Gasteiger partial charge in [0.1, 0.15) is 5.75 Å². The molecule has 1 aliphatic rings. The number of hydrogen-bond acceptors (Lipinski definition) is 3. The summed E-state index contributed by atoms with van der Waals surface area (Å²) >= 11 is 0. The van der Waals surface area contributed by atoms with E-state index in [9.17, 15) is 4.79 Å². The summed E-state index contributed by atoms with van der Waals surface area (Å²) < 4.78 is 10.5. The number of hydrogen-bond donors (Lipinski definition) is 0. The first-order chi connectivity index (χ1) is 10.5. The van der Waals surface area contributed by atoms with E-state index in [0.717, 1.165) is 25.0 Å². The minimum Gasteiger partial charge on any atom is -0.494 e. The molecule has 1 saturated carbocycles. The molecule has 0 aromatic heterocycles. The fourth-order valence-electron chi connectivity index (χ4n) is 3.40.